The molecule has 0 fully saturated rings. The van der Waals surface area contributed by atoms with E-state index in [2.05, 4.69) is 55.2 Å². The third-order valence-corrected chi connectivity index (χ3v) is 4.37. The van der Waals surface area contributed by atoms with Crippen LogP contribution < -0.4 is 5.73 Å². The highest BCUT2D eigenvalue weighted by molar-refractivity contribution is 5.95. The number of hydrogen-bond donors (Lipinski definition) is 1. The topological polar surface area (TPSA) is 38.4 Å². The van der Waals surface area contributed by atoms with E-state index in [0.717, 1.165) is 22.3 Å². The van der Waals surface area contributed by atoms with Crippen LogP contribution in [-0.4, -0.2) is 6.21 Å². The molecule has 0 spiro atoms. The van der Waals surface area contributed by atoms with Crippen molar-refractivity contribution in [1.29, 1.82) is 0 Å². The summed E-state index contributed by atoms with van der Waals surface area (Å²) in [4.78, 5) is 4.67. The summed E-state index contributed by atoms with van der Waals surface area (Å²) in [6, 6.07) is 22.8. The smallest absolute Gasteiger partial charge is 0.0737 e. The fraction of sp³-hybridized carbons (Fsp3) is 0.136. The molecule has 2 N–H and O–H groups in total. The Hall–Kier alpha value is -2.87. The van der Waals surface area contributed by atoms with E-state index in [1.165, 1.54) is 10.9 Å². The van der Waals surface area contributed by atoms with Gasteiger partial charge >= 0.3 is 0 Å². The monoisotopic (exact) mass is 314 g/mol. The van der Waals surface area contributed by atoms with E-state index in [-0.39, 0.29) is 5.92 Å². The number of nitrogens with two attached hydrogens (primary N) is 1. The molecule has 0 radical (unpaired) electrons. The van der Waals surface area contributed by atoms with E-state index in [1.54, 1.807) is 0 Å². The van der Waals surface area contributed by atoms with Gasteiger partial charge in [0.15, 0.2) is 0 Å². The first-order valence-corrected chi connectivity index (χ1v) is 8.20. The van der Waals surface area contributed by atoms with E-state index in [9.17, 15) is 0 Å². The highest BCUT2D eigenvalue weighted by Gasteiger charge is 2.07. The summed E-state index contributed by atoms with van der Waals surface area (Å²) < 4.78 is 0. The van der Waals surface area contributed by atoms with Crippen molar-refractivity contribution < 1.29 is 0 Å². The molecule has 0 aromatic heterocycles. The normalized spacial score (nSPS) is 13.5. The predicted molar refractivity (Wildman–Crippen MR) is 104 cm³/mol. The van der Waals surface area contributed by atoms with Gasteiger partial charge in [-0.05, 0) is 29.5 Å². The molecule has 2 heteroatoms. The maximum atomic E-state index is 6.23. The van der Waals surface area contributed by atoms with E-state index in [1.807, 2.05) is 42.6 Å². The Morgan fingerprint density at radius 2 is 1.67 bits per heavy atom. The molecule has 0 saturated heterocycles. The van der Waals surface area contributed by atoms with E-state index in [0.29, 0.717) is 0 Å². The molecule has 0 aliphatic rings. The first-order chi connectivity index (χ1) is 11.7. The third-order valence-electron chi connectivity index (χ3n) is 4.37. The summed E-state index contributed by atoms with van der Waals surface area (Å²) in [5.41, 5.74) is 10.4. The van der Waals surface area contributed by atoms with E-state index in [4.69, 9.17) is 5.73 Å². The molecule has 3 aromatic rings. The molecule has 0 amide bonds. The first-order valence-electron chi connectivity index (χ1n) is 8.20. The fourth-order valence-corrected chi connectivity index (χ4v) is 2.81. The lowest BCUT2D eigenvalue weighted by Gasteiger charge is -2.11. The molecule has 0 heterocycles. The highest BCUT2D eigenvalue weighted by atomic mass is 14.7. The van der Waals surface area contributed by atoms with E-state index >= 15 is 0 Å². The van der Waals surface area contributed by atoms with Crippen LogP contribution in [0.3, 0.4) is 0 Å². The summed E-state index contributed by atoms with van der Waals surface area (Å²) in [7, 11) is 0. The maximum absolute atomic E-state index is 6.23. The van der Waals surface area contributed by atoms with Crippen LogP contribution in [0.25, 0.3) is 10.8 Å². The van der Waals surface area contributed by atoms with Crippen LogP contribution in [0.4, 0.5) is 5.69 Å². The van der Waals surface area contributed by atoms with Crippen LogP contribution in [-0.2, 0) is 0 Å². The number of fused-ring (bicyclic) bond motifs is 1. The summed E-state index contributed by atoms with van der Waals surface area (Å²) >= 11 is 0. The fourth-order valence-electron chi connectivity index (χ4n) is 2.81. The van der Waals surface area contributed by atoms with Crippen LogP contribution in [0.1, 0.15) is 24.0 Å². The number of rotatable bonds is 4. The number of aliphatic imine (C=N–C) groups is 1. The van der Waals surface area contributed by atoms with Gasteiger partial charge < -0.3 is 5.73 Å². The molecule has 1 unspecified atom stereocenters. The van der Waals surface area contributed by atoms with Crippen molar-refractivity contribution in [3.63, 3.8) is 0 Å². The molecule has 3 rings (SSSR count). The lowest BCUT2D eigenvalue weighted by atomic mass is 9.98. The van der Waals surface area contributed by atoms with E-state index < -0.39 is 0 Å². The quantitative estimate of drug-likeness (QED) is 0.635. The van der Waals surface area contributed by atoms with Gasteiger partial charge in [-0.25, -0.2) is 0 Å². The predicted octanol–water partition coefficient (Wildman–Crippen LogP) is 5.50. The average molecular weight is 314 g/mol. The second-order valence-corrected chi connectivity index (χ2v) is 6.03. The number of benzene rings is 3. The minimum absolute atomic E-state index is 0.172. The highest BCUT2D eigenvalue weighted by Crippen LogP contribution is 2.29. The largest absolute Gasteiger partial charge is 0.402 e. The number of nitrogens with zero attached hydrogens (tertiary/aromatic N) is 1. The van der Waals surface area contributed by atoms with Crippen LogP contribution in [0.2, 0.25) is 0 Å². The number of hydrogen-bond acceptors (Lipinski definition) is 2. The Morgan fingerprint density at radius 1 is 0.958 bits per heavy atom. The van der Waals surface area contributed by atoms with Crippen molar-refractivity contribution in [3.8, 4) is 0 Å². The molecule has 120 valence electrons. The lowest BCUT2D eigenvalue weighted by molar-refractivity contribution is 0.880. The molecule has 0 aliphatic carbocycles. The van der Waals surface area contributed by atoms with Crippen molar-refractivity contribution >= 4 is 22.7 Å². The number of allylic oxidation sites excluding steroid dienone is 2. The van der Waals surface area contributed by atoms with Crippen molar-refractivity contribution in [2.75, 3.05) is 0 Å². The van der Waals surface area contributed by atoms with Crippen LogP contribution in [0.5, 0.6) is 0 Å². The van der Waals surface area contributed by atoms with Gasteiger partial charge in [-0.15, -0.1) is 0 Å². The molecule has 0 saturated carbocycles. The van der Waals surface area contributed by atoms with Crippen molar-refractivity contribution in [3.05, 3.63) is 89.6 Å². The minimum Gasteiger partial charge on any atom is -0.402 e. The second-order valence-electron chi connectivity index (χ2n) is 6.03. The maximum Gasteiger partial charge on any atom is 0.0737 e. The van der Waals surface area contributed by atoms with Gasteiger partial charge in [-0.1, -0.05) is 73.7 Å². The Kier molecular flexibility index (Phi) is 4.76. The van der Waals surface area contributed by atoms with Crippen LogP contribution in [0.15, 0.2) is 83.5 Å². The van der Waals surface area contributed by atoms with Gasteiger partial charge in [0.05, 0.1) is 5.69 Å². The molecular weight excluding hydrogens is 292 g/mol. The molecule has 2 nitrogen and oxygen atoms in total. The van der Waals surface area contributed by atoms with Gasteiger partial charge in [0, 0.05) is 23.2 Å². The van der Waals surface area contributed by atoms with Gasteiger partial charge in [-0.2, -0.15) is 0 Å². The standard InChI is InChI=1S/C22H22N2/c1-16-12-13-19-10-6-7-11-20(19)22(16)24-15-14-21(23)17(2)18-8-4-3-5-9-18/h3-15,17H,23H2,1-2H3/b21-14-,24-15?. The summed E-state index contributed by atoms with van der Waals surface area (Å²) in [6.07, 6.45) is 3.71. The van der Waals surface area contributed by atoms with Crippen molar-refractivity contribution in [2.45, 2.75) is 19.8 Å². The Balaban J connectivity index is 1.87. The third kappa shape index (κ3) is 3.38. The molecule has 24 heavy (non-hydrogen) atoms. The Labute approximate surface area is 143 Å². The lowest BCUT2D eigenvalue weighted by Crippen LogP contribution is -2.07. The zero-order valence-corrected chi connectivity index (χ0v) is 14.1. The van der Waals surface area contributed by atoms with Gasteiger partial charge in [0.2, 0.25) is 0 Å². The average Bonchev–Trinajstić information content (AvgIpc) is 2.63. The summed E-state index contributed by atoms with van der Waals surface area (Å²) in [5.74, 6) is 0.172. The molecule has 3 aromatic carbocycles. The minimum atomic E-state index is 0.172. The summed E-state index contributed by atoms with van der Waals surface area (Å²) in [6.45, 7) is 4.19. The van der Waals surface area contributed by atoms with Gasteiger partial charge in [0.25, 0.3) is 0 Å². The first kappa shape index (κ1) is 16.0. The van der Waals surface area contributed by atoms with Crippen LogP contribution in [0, 0.1) is 6.92 Å². The van der Waals surface area contributed by atoms with Gasteiger partial charge in [-0.3, -0.25) is 4.99 Å². The summed E-state index contributed by atoms with van der Waals surface area (Å²) in [5, 5.41) is 2.36. The molecule has 1 atom stereocenters. The SMILES string of the molecule is Cc1ccc2ccccc2c1N=C/C=C(\N)C(C)c1ccccc1. The van der Waals surface area contributed by atoms with Crippen LogP contribution >= 0.6 is 0 Å². The molecular formula is C22H22N2. The molecule has 0 aliphatic heterocycles. The number of aryl methyl sites for hydroxylation is 1. The Morgan fingerprint density at radius 3 is 2.46 bits per heavy atom. The van der Waals surface area contributed by atoms with Gasteiger partial charge in [0.1, 0.15) is 0 Å². The second kappa shape index (κ2) is 7.14. The zero-order chi connectivity index (χ0) is 16.9. The van der Waals surface area contributed by atoms with Crippen molar-refractivity contribution in [1.82, 2.24) is 0 Å². The van der Waals surface area contributed by atoms with Crippen molar-refractivity contribution in [2.24, 2.45) is 10.7 Å². The molecule has 0 bridgehead atoms. The zero-order valence-electron chi connectivity index (χ0n) is 14.1. The Bertz CT molecular complexity index is 892.